The van der Waals surface area contributed by atoms with E-state index in [-0.39, 0.29) is 17.0 Å². The van der Waals surface area contributed by atoms with Crippen LogP contribution in [0.25, 0.3) is 0 Å². The molecule has 0 aliphatic heterocycles. The molecule has 0 aliphatic rings. The lowest BCUT2D eigenvalue weighted by Gasteiger charge is -2.24. The van der Waals surface area contributed by atoms with E-state index in [2.05, 4.69) is 0 Å². The van der Waals surface area contributed by atoms with Gasteiger partial charge < -0.3 is 10.5 Å². The molecule has 4 nitrogen and oxygen atoms in total. The van der Waals surface area contributed by atoms with Crippen molar-refractivity contribution in [3.8, 4) is 5.75 Å². The van der Waals surface area contributed by atoms with Gasteiger partial charge in [0, 0.05) is 28.9 Å². The maximum absolute atomic E-state index is 11.2. The Balaban J connectivity index is 2.89. The van der Waals surface area contributed by atoms with Gasteiger partial charge in [0.15, 0.2) is 0 Å². The smallest absolute Gasteiger partial charge is 0.148 e. The molecule has 114 valence electrons. The van der Waals surface area contributed by atoms with Crippen molar-refractivity contribution in [3.63, 3.8) is 0 Å². The molecule has 2 unspecified atom stereocenters. The van der Waals surface area contributed by atoms with Crippen molar-refractivity contribution < 1.29 is 13.2 Å². The van der Waals surface area contributed by atoms with Crippen molar-refractivity contribution in [2.24, 2.45) is 5.73 Å². The SMILES string of the molecule is CCC(N)C(SCCS(C)(=O)=O)c1ccccc1OC. The second-order valence-electron chi connectivity index (χ2n) is 4.74. The molecule has 0 aliphatic carbocycles. The molecular weight excluding hydrogens is 294 g/mol. The van der Waals surface area contributed by atoms with E-state index in [1.165, 1.54) is 6.26 Å². The molecule has 0 bridgehead atoms. The van der Waals surface area contributed by atoms with Crippen LogP contribution in [0.2, 0.25) is 0 Å². The highest BCUT2D eigenvalue weighted by molar-refractivity contribution is 8.00. The summed E-state index contributed by atoms with van der Waals surface area (Å²) >= 11 is 1.58. The summed E-state index contributed by atoms with van der Waals surface area (Å²) in [5.41, 5.74) is 7.23. The van der Waals surface area contributed by atoms with Gasteiger partial charge in [-0.15, -0.1) is 0 Å². The van der Waals surface area contributed by atoms with Crippen molar-refractivity contribution in [2.75, 3.05) is 24.9 Å². The van der Waals surface area contributed by atoms with Gasteiger partial charge in [0.1, 0.15) is 15.6 Å². The van der Waals surface area contributed by atoms with Crippen molar-refractivity contribution >= 4 is 21.6 Å². The molecule has 0 saturated carbocycles. The van der Waals surface area contributed by atoms with Crippen LogP contribution in [0.15, 0.2) is 24.3 Å². The third-order valence-electron chi connectivity index (χ3n) is 3.06. The van der Waals surface area contributed by atoms with Crippen molar-refractivity contribution in [3.05, 3.63) is 29.8 Å². The van der Waals surface area contributed by atoms with Crippen LogP contribution < -0.4 is 10.5 Å². The summed E-state index contributed by atoms with van der Waals surface area (Å²) in [6.07, 6.45) is 2.08. The van der Waals surface area contributed by atoms with E-state index in [9.17, 15) is 8.42 Å². The zero-order valence-electron chi connectivity index (χ0n) is 12.2. The van der Waals surface area contributed by atoms with Gasteiger partial charge in [-0.3, -0.25) is 0 Å². The zero-order valence-corrected chi connectivity index (χ0v) is 13.8. The van der Waals surface area contributed by atoms with Crippen LogP contribution in [0.1, 0.15) is 24.2 Å². The number of ether oxygens (including phenoxy) is 1. The Morgan fingerprint density at radius 3 is 2.55 bits per heavy atom. The fourth-order valence-corrected chi connectivity index (χ4v) is 4.55. The third-order valence-corrected chi connectivity index (χ3v) is 5.66. The van der Waals surface area contributed by atoms with E-state index in [0.717, 1.165) is 17.7 Å². The molecule has 0 spiro atoms. The van der Waals surface area contributed by atoms with Gasteiger partial charge in [0.2, 0.25) is 0 Å². The van der Waals surface area contributed by atoms with Crippen LogP contribution in [-0.4, -0.2) is 39.3 Å². The predicted molar refractivity (Wildman–Crippen MR) is 86.2 cm³/mol. The summed E-state index contributed by atoms with van der Waals surface area (Å²) < 4.78 is 27.9. The van der Waals surface area contributed by atoms with Gasteiger partial charge in [-0.1, -0.05) is 25.1 Å². The Kier molecular flexibility index (Phi) is 6.85. The highest BCUT2D eigenvalue weighted by Gasteiger charge is 2.22. The van der Waals surface area contributed by atoms with Gasteiger partial charge in [-0.05, 0) is 12.5 Å². The number of hydrogen-bond donors (Lipinski definition) is 1. The van der Waals surface area contributed by atoms with Gasteiger partial charge in [0.05, 0.1) is 12.9 Å². The maximum atomic E-state index is 11.2. The molecule has 2 atom stereocenters. The monoisotopic (exact) mass is 317 g/mol. The number of thioether (sulfide) groups is 1. The second-order valence-corrected chi connectivity index (χ2v) is 8.24. The summed E-state index contributed by atoms with van der Waals surface area (Å²) in [4.78, 5) is 0. The van der Waals surface area contributed by atoms with E-state index in [1.54, 1.807) is 18.9 Å². The van der Waals surface area contributed by atoms with E-state index >= 15 is 0 Å². The topological polar surface area (TPSA) is 69.4 Å². The molecule has 1 aromatic carbocycles. The lowest BCUT2D eigenvalue weighted by molar-refractivity contribution is 0.407. The molecule has 0 aromatic heterocycles. The minimum atomic E-state index is -2.94. The van der Waals surface area contributed by atoms with E-state index in [1.807, 2.05) is 31.2 Å². The van der Waals surface area contributed by atoms with Crippen LogP contribution >= 0.6 is 11.8 Å². The average Bonchev–Trinajstić information content (AvgIpc) is 2.41. The summed E-state index contributed by atoms with van der Waals surface area (Å²) in [6, 6.07) is 7.73. The maximum Gasteiger partial charge on any atom is 0.148 e. The quantitative estimate of drug-likeness (QED) is 0.796. The van der Waals surface area contributed by atoms with E-state index < -0.39 is 9.84 Å². The Hall–Kier alpha value is -0.720. The van der Waals surface area contributed by atoms with Gasteiger partial charge in [-0.2, -0.15) is 11.8 Å². The summed E-state index contributed by atoms with van der Waals surface area (Å²) in [5.74, 6) is 1.50. The summed E-state index contributed by atoms with van der Waals surface area (Å²) in [5, 5.41) is 0.0397. The molecule has 2 N–H and O–H groups in total. The van der Waals surface area contributed by atoms with Crippen molar-refractivity contribution in [1.82, 2.24) is 0 Å². The van der Waals surface area contributed by atoms with E-state index in [4.69, 9.17) is 10.5 Å². The normalized spacial score (nSPS) is 14.8. The van der Waals surface area contributed by atoms with Crippen LogP contribution in [0, 0.1) is 0 Å². The Morgan fingerprint density at radius 2 is 2.00 bits per heavy atom. The number of hydrogen-bond acceptors (Lipinski definition) is 5. The van der Waals surface area contributed by atoms with Gasteiger partial charge >= 0.3 is 0 Å². The molecule has 20 heavy (non-hydrogen) atoms. The van der Waals surface area contributed by atoms with Gasteiger partial charge in [0.25, 0.3) is 0 Å². The van der Waals surface area contributed by atoms with Crippen LogP contribution in [-0.2, 0) is 9.84 Å². The minimum Gasteiger partial charge on any atom is -0.496 e. The van der Waals surface area contributed by atoms with Crippen molar-refractivity contribution in [2.45, 2.75) is 24.6 Å². The Morgan fingerprint density at radius 1 is 1.35 bits per heavy atom. The molecule has 1 aromatic rings. The first kappa shape index (κ1) is 17.3. The minimum absolute atomic E-state index is 0.0316. The highest BCUT2D eigenvalue weighted by atomic mass is 32.2. The molecular formula is C14H23NO3S2. The number of para-hydroxylation sites is 1. The average molecular weight is 317 g/mol. The first-order valence-corrected chi connectivity index (χ1v) is 9.67. The zero-order chi connectivity index (χ0) is 15.2. The largest absolute Gasteiger partial charge is 0.496 e. The first-order valence-electron chi connectivity index (χ1n) is 6.57. The number of benzene rings is 1. The molecule has 0 radical (unpaired) electrons. The Labute approximate surface area is 126 Å². The summed E-state index contributed by atoms with van der Waals surface area (Å²) in [7, 11) is -1.31. The number of sulfone groups is 1. The molecule has 1 rings (SSSR count). The third kappa shape index (κ3) is 5.34. The van der Waals surface area contributed by atoms with Crippen LogP contribution in [0.4, 0.5) is 0 Å². The van der Waals surface area contributed by atoms with Crippen LogP contribution in [0.5, 0.6) is 5.75 Å². The lowest BCUT2D eigenvalue weighted by atomic mass is 10.0. The predicted octanol–water partition coefficient (Wildman–Crippen LogP) is 2.25. The lowest BCUT2D eigenvalue weighted by Crippen LogP contribution is -2.26. The standard InChI is InChI=1S/C14H23NO3S2/c1-4-12(15)14(19-9-10-20(3,16)17)11-7-5-6-8-13(11)18-2/h5-8,12,14H,4,9-10,15H2,1-3H3. The first-order chi connectivity index (χ1) is 9.39. The Bertz CT molecular complexity index is 517. The number of methoxy groups -OCH3 is 1. The van der Waals surface area contributed by atoms with Crippen molar-refractivity contribution in [1.29, 1.82) is 0 Å². The number of rotatable bonds is 8. The fraction of sp³-hybridized carbons (Fsp3) is 0.571. The molecule has 0 saturated heterocycles. The van der Waals surface area contributed by atoms with Crippen LogP contribution in [0.3, 0.4) is 0 Å². The van der Waals surface area contributed by atoms with E-state index in [0.29, 0.717) is 5.75 Å². The fourth-order valence-electron chi connectivity index (χ4n) is 1.89. The molecule has 0 fully saturated rings. The number of nitrogens with two attached hydrogens (primary N) is 1. The molecule has 0 heterocycles. The second kappa shape index (κ2) is 7.90. The highest BCUT2D eigenvalue weighted by Crippen LogP contribution is 2.37. The van der Waals surface area contributed by atoms with Gasteiger partial charge in [-0.25, -0.2) is 8.42 Å². The molecule has 0 amide bonds. The summed E-state index contributed by atoms with van der Waals surface area (Å²) in [6.45, 7) is 2.03. The molecule has 6 heteroatoms.